The monoisotopic (exact) mass is 382 g/mol. The summed E-state index contributed by atoms with van der Waals surface area (Å²) in [5.41, 5.74) is 1.57. The summed E-state index contributed by atoms with van der Waals surface area (Å²) in [6.07, 6.45) is 3.14. The number of nitrogens with one attached hydrogen (secondary N) is 1. The minimum Gasteiger partial charge on any atom is -0.493 e. The van der Waals surface area contributed by atoms with Gasteiger partial charge in [-0.3, -0.25) is 4.99 Å². The largest absolute Gasteiger partial charge is 0.493 e. The quantitative estimate of drug-likeness (QED) is 0.771. The first-order chi connectivity index (χ1) is 12.3. The molecule has 1 heterocycles. The molecule has 0 bridgehead atoms. The lowest BCUT2D eigenvalue weighted by atomic mass is 9.66. The molecule has 1 aliphatic heterocycles. The summed E-state index contributed by atoms with van der Waals surface area (Å²) in [7, 11) is 0. The molecule has 3 aliphatic rings. The van der Waals surface area contributed by atoms with Crippen LogP contribution in [0, 0.1) is 5.41 Å². The Bertz CT molecular complexity index is 756. The van der Waals surface area contributed by atoms with Crippen molar-refractivity contribution >= 4 is 23.4 Å². The highest BCUT2D eigenvalue weighted by Gasteiger charge is 2.59. The van der Waals surface area contributed by atoms with E-state index >= 15 is 0 Å². The first kappa shape index (κ1) is 17.8. The minimum atomic E-state index is -4.21. The van der Waals surface area contributed by atoms with E-state index in [9.17, 15) is 13.2 Å². The van der Waals surface area contributed by atoms with E-state index in [-0.39, 0.29) is 12.0 Å². The van der Waals surface area contributed by atoms with Crippen LogP contribution in [0.4, 0.5) is 13.2 Å². The number of alkyl halides is 3. The number of halogens is 3. The number of hydrogen-bond donors (Lipinski definition) is 1. The Balaban J connectivity index is 1.65. The van der Waals surface area contributed by atoms with Crippen molar-refractivity contribution in [2.45, 2.75) is 56.8 Å². The number of fused-ring (bicyclic) bond motifs is 3. The fourth-order valence-corrected chi connectivity index (χ4v) is 4.97. The number of benzene rings is 1. The van der Waals surface area contributed by atoms with Gasteiger partial charge in [-0.1, -0.05) is 37.5 Å². The van der Waals surface area contributed by atoms with Crippen molar-refractivity contribution in [1.29, 1.82) is 0 Å². The molecule has 1 aromatic carbocycles. The van der Waals surface area contributed by atoms with E-state index in [0.717, 1.165) is 37.7 Å². The topological polar surface area (TPSA) is 33.6 Å². The van der Waals surface area contributed by atoms with Crippen molar-refractivity contribution < 1.29 is 17.9 Å². The van der Waals surface area contributed by atoms with Gasteiger partial charge in [-0.2, -0.15) is 13.2 Å². The molecule has 7 heteroatoms. The van der Waals surface area contributed by atoms with Crippen LogP contribution in [0.5, 0.6) is 5.75 Å². The molecule has 3 nitrogen and oxygen atoms in total. The molecule has 1 atom stereocenters. The number of thiocarbonyl (C=S) groups is 1. The van der Waals surface area contributed by atoms with Crippen molar-refractivity contribution in [3.63, 3.8) is 0 Å². The van der Waals surface area contributed by atoms with Crippen LogP contribution in [0.15, 0.2) is 23.2 Å². The molecule has 26 heavy (non-hydrogen) atoms. The fourth-order valence-electron chi connectivity index (χ4n) is 4.77. The van der Waals surface area contributed by atoms with Gasteiger partial charge >= 0.3 is 6.18 Å². The number of rotatable bonds is 3. The number of aliphatic imine (C=N–C) groups is 1. The van der Waals surface area contributed by atoms with Gasteiger partial charge < -0.3 is 10.1 Å². The zero-order valence-corrected chi connectivity index (χ0v) is 15.2. The second kappa shape index (κ2) is 6.22. The van der Waals surface area contributed by atoms with Crippen molar-refractivity contribution in [3.05, 3.63) is 29.3 Å². The standard InChI is InChI=1S/C19H21F3N2OS/c20-18(21,22)8-9-25-14-5-4-13-11-17(6-2-1-3-7-17)19(15(13)10-14)23-12-16(26)24-19/h4-5,10,12H,1-3,6-9,11H2,(H,24,26). The van der Waals surface area contributed by atoms with E-state index in [1.54, 1.807) is 12.3 Å². The Morgan fingerprint density at radius 1 is 1.19 bits per heavy atom. The normalized spacial score (nSPS) is 26.3. The molecule has 4 rings (SSSR count). The Morgan fingerprint density at radius 2 is 1.96 bits per heavy atom. The summed E-state index contributed by atoms with van der Waals surface area (Å²) in [6.45, 7) is -0.379. The summed E-state index contributed by atoms with van der Waals surface area (Å²) in [6, 6.07) is 5.59. The fraction of sp³-hybridized carbons (Fsp3) is 0.579. The third-order valence-corrected chi connectivity index (χ3v) is 6.12. The molecule has 0 radical (unpaired) electrons. The molecule has 0 aromatic heterocycles. The lowest BCUT2D eigenvalue weighted by Crippen LogP contribution is -2.51. The molecule has 140 valence electrons. The smallest absolute Gasteiger partial charge is 0.392 e. The summed E-state index contributed by atoms with van der Waals surface area (Å²) in [4.78, 5) is 5.43. The average Bonchev–Trinajstić information content (AvgIpc) is 3.09. The van der Waals surface area contributed by atoms with E-state index in [4.69, 9.17) is 21.9 Å². The van der Waals surface area contributed by atoms with Gasteiger partial charge in [-0.25, -0.2) is 0 Å². The molecule has 2 spiro atoms. The molecule has 1 fully saturated rings. The second-order valence-corrected chi connectivity index (χ2v) is 7.95. The van der Waals surface area contributed by atoms with Gasteiger partial charge in [-0.15, -0.1) is 0 Å². The first-order valence-corrected chi connectivity index (χ1v) is 9.45. The molecule has 1 aromatic rings. The summed E-state index contributed by atoms with van der Waals surface area (Å²) in [5, 5.41) is 3.43. The highest BCUT2D eigenvalue weighted by Crippen LogP contribution is 2.59. The zero-order chi connectivity index (χ0) is 18.4. The van der Waals surface area contributed by atoms with Crippen LogP contribution < -0.4 is 10.1 Å². The van der Waals surface area contributed by atoms with Gasteiger partial charge in [0, 0.05) is 11.0 Å². The Morgan fingerprint density at radius 3 is 2.62 bits per heavy atom. The minimum absolute atomic E-state index is 0.0186. The second-order valence-electron chi connectivity index (χ2n) is 7.51. The highest BCUT2D eigenvalue weighted by atomic mass is 32.1. The molecular formula is C19H21F3N2OS. The van der Waals surface area contributed by atoms with E-state index in [2.05, 4.69) is 5.32 Å². The van der Waals surface area contributed by atoms with Crippen LogP contribution in [-0.2, 0) is 12.1 Å². The van der Waals surface area contributed by atoms with E-state index in [0.29, 0.717) is 10.7 Å². The van der Waals surface area contributed by atoms with Gasteiger partial charge in [0.25, 0.3) is 0 Å². The lowest BCUT2D eigenvalue weighted by Gasteiger charge is -2.45. The van der Waals surface area contributed by atoms with E-state index in [1.807, 2.05) is 12.1 Å². The number of nitrogens with zero attached hydrogens (tertiary/aromatic N) is 1. The van der Waals surface area contributed by atoms with Crippen LogP contribution in [0.3, 0.4) is 0 Å². The molecular weight excluding hydrogens is 361 g/mol. The van der Waals surface area contributed by atoms with Crippen LogP contribution in [0.1, 0.15) is 49.7 Å². The van der Waals surface area contributed by atoms with Gasteiger partial charge in [0.05, 0.1) is 19.2 Å². The predicted octanol–water partition coefficient (Wildman–Crippen LogP) is 4.68. The molecule has 0 saturated heterocycles. The van der Waals surface area contributed by atoms with Crippen LogP contribution in [0.2, 0.25) is 0 Å². The molecule has 1 unspecified atom stereocenters. The zero-order valence-electron chi connectivity index (χ0n) is 14.4. The van der Waals surface area contributed by atoms with Crippen molar-refractivity contribution in [2.24, 2.45) is 10.4 Å². The van der Waals surface area contributed by atoms with Crippen LogP contribution >= 0.6 is 12.2 Å². The lowest BCUT2D eigenvalue weighted by molar-refractivity contribution is -0.139. The van der Waals surface area contributed by atoms with Crippen molar-refractivity contribution in [1.82, 2.24) is 5.32 Å². The maximum absolute atomic E-state index is 12.4. The first-order valence-electron chi connectivity index (χ1n) is 9.04. The number of ether oxygens (including phenoxy) is 1. The summed E-state index contributed by atoms with van der Waals surface area (Å²) < 4.78 is 42.5. The maximum Gasteiger partial charge on any atom is 0.392 e. The highest BCUT2D eigenvalue weighted by molar-refractivity contribution is 7.81. The Hall–Kier alpha value is -1.63. The van der Waals surface area contributed by atoms with E-state index in [1.165, 1.54) is 12.0 Å². The summed E-state index contributed by atoms with van der Waals surface area (Å²) in [5.74, 6) is 0.454. The third kappa shape index (κ3) is 2.90. The SMILES string of the molecule is FC(F)(F)CCOc1ccc2c(c1)C1(N=CC(=S)N1)C1(CCCCC1)C2. The van der Waals surface area contributed by atoms with Gasteiger partial charge in [0.1, 0.15) is 10.7 Å². The molecule has 1 saturated carbocycles. The van der Waals surface area contributed by atoms with Gasteiger partial charge in [0.2, 0.25) is 0 Å². The molecule has 2 aliphatic carbocycles. The van der Waals surface area contributed by atoms with Gasteiger partial charge in [-0.05, 0) is 37.0 Å². The number of hydrogen-bond acceptors (Lipinski definition) is 3. The average molecular weight is 382 g/mol. The third-order valence-electron chi connectivity index (χ3n) is 5.91. The van der Waals surface area contributed by atoms with Crippen molar-refractivity contribution in [3.8, 4) is 5.75 Å². The van der Waals surface area contributed by atoms with Crippen molar-refractivity contribution in [2.75, 3.05) is 6.61 Å². The van der Waals surface area contributed by atoms with Crippen LogP contribution in [0.25, 0.3) is 0 Å². The summed E-state index contributed by atoms with van der Waals surface area (Å²) >= 11 is 5.34. The van der Waals surface area contributed by atoms with Crippen LogP contribution in [-0.4, -0.2) is 24.0 Å². The van der Waals surface area contributed by atoms with Gasteiger partial charge in [0.15, 0.2) is 5.66 Å². The Kier molecular flexibility index (Phi) is 4.25. The van der Waals surface area contributed by atoms with E-state index < -0.39 is 18.3 Å². The Labute approximate surface area is 156 Å². The molecule has 1 N–H and O–H groups in total. The predicted molar refractivity (Wildman–Crippen MR) is 97.7 cm³/mol. The maximum atomic E-state index is 12.4. The molecule has 0 amide bonds.